The van der Waals surface area contributed by atoms with Crippen molar-refractivity contribution in [2.75, 3.05) is 4.90 Å². The van der Waals surface area contributed by atoms with Crippen molar-refractivity contribution in [1.29, 1.82) is 0 Å². The molecule has 0 aliphatic carbocycles. The van der Waals surface area contributed by atoms with Crippen molar-refractivity contribution in [2.45, 2.75) is 32.1 Å². The third kappa shape index (κ3) is 3.06. The number of para-hydroxylation sites is 1. The Morgan fingerprint density at radius 2 is 1.83 bits per heavy atom. The minimum Gasteiger partial charge on any atom is -0.318 e. The number of hydrogen-bond donors (Lipinski definition) is 2. The number of carbonyl (C=O) groups is 3. The van der Waals surface area contributed by atoms with Gasteiger partial charge < -0.3 is 5.32 Å². The van der Waals surface area contributed by atoms with Crippen LogP contribution in [0, 0.1) is 5.92 Å². The molecular formula is C15H16F3N3O3. The molecule has 1 heterocycles. The number of rotatable bonds is 4. The van der Waals surface area contributed by atoms with Crippen LogP contribution in [0.4, 0.5) is 23.7 Å². The molecule has 2 rings (SSSR count). The number of amides is 4. The van der Waals surface area contributed by atoms with Gasteiger partial charge in [0.15, 0.2) is 0 Å². The second kappa shape index (κ2) is 6.14. The number of imide groups is 1. The van der Waals surface area contributed by atoms with Gasteiger partial charge in [0, 0.05) is 6.42 Å². The van der Waals surface area contributed by atoms with Gasteiger partial charge >= 0.3 is 12.2 Å². The molecule has 1 aliphatic heterocycles. The maximum absolute atomic E-state index is 13.5. The zero-order valence-corrected chi connectivity index (χ0v) is 13.0. The number of nitrogens with one attached hydrogen (secondary N) is 2. The SMILES string of the molecule is CC(C)CC(=O)NC1(C(F)(F)F)NC(=O)N(c2ccccc2)C1=O. The lowest BCUT2D eigenvalue weighted by Gasteiger charge is -2.30. The molecule has 0 radical (unpaired) electrons. The second-order valence-corrected chi connectivity index (χ2v) is 5.80. The van der Waals surface area contributed by atoms with E-state index in [4.69, 9.17) is 0 Å². The Morgan fingerprint density at radius 3 is 2.33 bits per heavy atom. The van der Waals surface area contributed by atoms with Crippen LogP contribution in [0.3, 0.4) is 0 Å². The van der Waals surface area contributed by atoms with Crippen molar-refractivity contribution >= 4 is 23.5 Å². The van der Waals surface area contributed by atoms with E-state index in [1.54, 1.807) is 30.5 Å². The fourth-order valence-electron chi connectivity index (χ4n) is 2.32. The number of anilines is 1. The smallest absolute Gasteiger partial charge is 0.318 e. The van der Waals surface area contributed by atoms with Crippen molar-refractivity contribution in [3.63, 3.8) is 0 Å². The van der Waals surface area contributed by atoms with Crippen molar-refractivity contribution < 1.29 is 27.6 Å². The Bertz CT molecular complexity index is 661. The Hall–Kier alpha value is -2.58. The molecule has 2 N–H and O–H groups in total. The standard InChI is InChI=1S/C15H16F3N3O3/c1-9(2)8-11(22)19-14(15(16,17)18)12(23)21(13(24)20-14)10-6-4-3-5-7-10/h3-7,9H,8H2,1-2H3,(H,19,22)(H,20,24). The molecule has 24 heavy (non-hydrogen) atoms. The maximum Gasteiger partial charge on any atom is 0.440 e. The summed E-state index contributed by atoms with van der Waals surface area (Å²) in [4.78, 5) is 36.6. The molecule has 9 heteroatoms. The molecular weight excluding hydrogens is 327 g/mol. The third-order valence-corrected chi connectivity index (χ3v) is 3.38. The van der Waals surface area contributed by atoms with Gasteiger partial charge in [0.05, 0.1) is 5.69 Å². The Morgan fingerprint density at radius 1 is 1.25 bits per heavy atom. The molecule has 1 aliphatic rings. The topological polar surface area (TPSA) is 78.5 Å². The van der Waals surface area contributed by atoms with Gasteiger partial charge in [-0.25, -0.2) is 9.69 Å². The molecule has 1 atom stereocenters. The number of carbonyl (C=O) groups excluding carboxylic acids is 3. The van der Waals surface area contributed by atoms with Gasteiger partial charge in [0.2, 0.25) is 5.91 Å². The fourth-order valence-corrected chi connectivity index (χ4v) is 2.32. The highest BCUT2D eigenvalue weighted by Gasteiger charge is 2.69. The average molecular weight is 343 g/mol. The van der Waals surface area contributed by atoms with Crippen LogP contribution < -0.4 is 15.5 Å². The first-order valence-electron chi connectivity index (χ1n) is 7.18. The Balaban J connectivity index is 2.41. The lowest BCUT2D eigenvalue weighted by atomic mass is 10.1. The van der Waals surface area contributed by atoms with Crippen molar-refractivity contribution in [2.24, 2.45) is 5.92 Å². The summed E-state index contributed by atoms with van der Waals surface area (Å²) in [5.74, 6) is -2.79. The van der Waals surface area contributed by atoms with Crippen LogP contribution in [0.1, 0.15) is 20.3 Å². The van der Waals surface area contributed by atoms with Crippen LogP contribution in [0.25, 0.3) is 0 Å². The van der Waals surface area contributed by atoms with Crippen LogP contribution in [0.15, 0.2) is 30.3 Å². The van der Waals surface area contributed by atoms with E-state index in [1.807, 2.05) is 0 Å². The monoisotopic (exact) mass is 343 g/mol. The first-order valence-corrected chi connectivity index (χ1v) is 7.18. The van der Waals surface area contributed by atoms with Crippen LogP contribution in [-0.4, -0.2) is 29.7 Å². The number of hydrogen-bond acceptors (Lipinski definition) is 3. The highest BCUT2D eigenvalue weighted by molar-refractivity contribution is 6.24. The minimum atomic E-state index is -5.20. The first-order chi connectivity index (χ1) is 11.1. The van der Waals surface area contributed by atoms with Crippen molar-refractivity contribution in [3.8, 4) is 0 Å². The van der Waals surface area contributed by atoms with E-state index in [-0.39, 0.29) is 18.0 Å². The molecule has 1 aromatic rings. The lowest BCUT2D eigenvalue weighted by Crippen LogP contribution is -2.69. The van der Waals surface area contributed by atoms with E-state index in [1.165, 1.54) is 24.3 Å². The van der Waals surface area contributed by atoms with Gasteiger partial charge in [0.1, 0.15) is 0 Å². The normalized spacial score (nSPS) is 21.2. The summed E-state index contributed by atoms with van der Waals surface area (Å²) >= 11 is 0. The average Bonchev–Trinajstić information content (AvgIpc) is 2.70. The molecule has 0 spiro atoms. The van der Waals surface area contributed by atoms with E-state index in [9.17, 15) is 27.6 Å². The fraction of sp³-hybridized carbons (Fsp3) is 0.400. The molecule has 0 aromatic heterocycles. The summed E-state index contributed by atoms with van der Waals surface area (Å²) in [6.45, 7) is 3.29. The van der Waals surface area contributed by atoms with Gasteiger partial charge in [-0.3, -0.25) is 14.9 Å². The molecule has 1 unspecified atom stereocenters. The molecule has 0 saturated carbocycles. The predicted octanol–water partition coefficient (Wildman–Crippen LogP) is 2.16. The zero-order chi connectivity index (χ0) is 18.1. The van der Waals surface area contributed by atoms with Crippen LogP contribution >= 0.6 is 0 Å². The largest absolute Gasteiger partial charge is 0.440 e. The number of halogens is 3. The molecule has 6 nitrogen and oxygen atoms in total. The van der Waals surface area contributed by atoms with E-state index >= 15 is 0 Å². The maximum atomic E-state index is 13.5. The quantitative estimate of drug-likeness (QED) is 0.823. The molecule has 1 fully saturated rings. The van der Waals surface area contributed by atoms with Crippen molar-refractivity contribution in [1.82, 2.24) is 10.6 Å². The van der Waals surface area contributed by atoms with Gasteiger partial charge in [-0.15, -0.1) is 0 Å². The summed E-state index contributed by atoms with van der Waals surface area (Å²) < 4.78 is 40.6. The predicted molar refractivity (Wildman–Crippen MR) is 78.8 cm³/mol. The molecule has 1 aromatic carbocycles. The van der Waals surface area contributed by atoms with Crippen LogP contribution in [-0.2, 0) is 9.59 Å². The Labute approximate surface area is 136 Å². The highest BCUT2D eigenvalue weighted by atomic mass is 19.4. The van der Waals surface area contributed by atoms with E-state index in [2.05, 4.69) is 0 Å². The summed E-state index contributed by atoms with van der Waals surface area (Å²) in [5.41, 5.74) is -3.49. The van der Waals surface area contributed by atoms with Crippen molar-refractivity contribution in [3.05, 3.63) is 30.3 Å². The van der Waals surface area contributed by atoms with Crippen LogP contribution in [0.2, 0.25) is 0 Å². The van der Waals surface area contributed by atoms with E-state index < -0.39 is 29.7 Å². The molecule has 1 saturated heterocycles. The van der Waals surface area contributed by atoms with Crippen LogP contribution in [0.5, 0.6) is 0 Å². The minimum absolute atomic E-state index is 0.0239. The summed E-state index contributed by atoms with van der Waals surface area (Å²) in [5, 5.41) is 3.25. The van der Waals surface area contributed by atoms with E-state index in [0.29, 0.717) is 4.90 Å². The second-order valence-electron chi connectivity index (χ2n) is 5.80. The summed E-state index contributed by atoms with van der Waals surface area (Å²) in [7, 11) is 0. The Kier molecular flexibility index (Phi) is 4.54. The lowest BCUT2D eigenvalue weighted by molar-refractivity contribution is -0.201. The molecule has 4 amide bonds. The van der Waals surface area contributed by atoms with Gasteiger partial charge in [-0.05, 0) is 18.1 Å². The number of benzene rings is 1. The zero-order valence-electron chi connectivity index (χ0n) is 13.0. The van der Waals surface area contributed by atoms with Gasteiger partial charge in [-0.1, -0.05) is 32.0 Å². The number of alkyl halides is 3. The first kappa shape index (κ1) is 17.8. The van der Waals surface area contributed by atoms with Gasteiger partial charge in [0.25, 0.3) is 11.6 Å². The highest BCUT2D eigenvalue weighted by Crippen LogP contribution is 2.35. The number of urea groups is 1. The number of nitrogens with zero attached hydrogens (tertiary/aromatic N) is 1. The summed E-state index contributed by atoms with van der Waals surface area (Å²) in [6.07, 6.45) is -5.41. The van der Waals surface area contributed by atoms with Gasteiger partial charge in [-0.2, -0.15) is 13.2 Å². The molecule has 130 valence electrons. The molecule has 0 bridgehead atoms. The third-order valence-electron chi connectivity index (χ3n) is 3.38. The summed E-state index contributed by atoms with van der Waals surface area (Å²) in [6, 6.07) is 5.92. The van der Waals surface area contributed by atoms with E-state index in [0.717, 1.165) is 0 Å².